The Morgan fingerprint density at radius 1 is 1.37 bits per heavy atom. The van der Waals surface area contributed by atoms with Crippen molar-refractivity contribution in [3.05, 3.63) is 46.4 Å². The van der Waals surface area contributed by atoms with Crippen LogP contribution in [0.4, 0.5) is 5.69 Å². The summed E-state index contributed by atoms with van der Waals surface area (Å²) in [5.74, 6) is -0.288. The minimum absolute atomic E-state index is 0.100. The van der Waals surface area contributed by atoms with Crippen LogP contribution in [-0.4, -0.2) is 17.1 Å². The second kappa shape index (κ2) is 6.33. The van der Waals surface area contributed by atoms with Crippen molar-refractivity contribution in [2.45, 2.75) is 26.5 Å². The maximum absolute atomic E-state index is 11.7. The first-order valence-corrected chi connectivity index (χ1v) is 6.95. The molecule has 0 aliphatic carbocycles. The summed E-state index contributed by atoms with van der Waals surface area (Å²) in [5.41, 5.74) is 3.34. The van der Waals surface area contributed by atoms with E-state index in [1.165, 1.54) is 4.88 Å². The molecule has 0 saturated carbocycles. The summed E-state index contributed by atoms with van der Waals surface area (Å²) < 4.78 is 5.13. The SMILES string of the molecule is CC(C)OC(=O)c1ccc(NCc2cncs2)cc1. The number of nitrogens with zero attached hydrogens (tertiary/aromatic N) is 1. The van der Waals surface area contributed by atoms with Crippen molar-refractivity contribution in [3.63, 3.8) is 0 Å². The number of hydrogen-bond donors (Lipinski definition) is 1. The lowest BCUT2D eigenvalue weighted by Crippen LogP contribution is -2.11. The van der Waals surface area contributed by atoms with E-state index in [1.807, 2.05) is 37.7 Å². The van der Waals surface area contributed by atoms with Crippen molar-refractivity contribution in [2.75, 3.05) is 5.32 Å². The third-order valence-electron chi connectivity index (χ3n) is 2.41. The molecule has 1 heterocycles. The maximum atomic E-state index is 11.7. The summed E-state index contributed by atoms with van der Waals surface area (Å²) in [4.78, 5) is 16.8. The fourth-order valence-electron chi connectivity index (χ4n) is 1.52. The van der Waals surface area contributed by atoms with E-state index in [1.54, 1.807) is 23.5 Å². The van der Waals surface area contributed by atoms with E-state index in [2.05, 4.69) is 10.3 Å². The van der Waals surface area contributed by atoms with Crippen LogP contribution in [0.2, 0.25) is 0 Å². The molecule has 0 unspecified atom stereocenters. The van der Waals surface area contributed by atoms with Gasteiger partial charge < -0.3 is 10.1 Å². The van der Waals surface area contributed by atoms with Crippen LogP contribution < -0.4 is 5.32 Å². The lowest BCUT2D eigenvalue weighted by Gasteiger charge is -2.09. The molecule has 5 heteroatoms. The highest BCUT2D eigenvalue weighted by Crippen LogP contribution is 2.14. The number of anilines is 1. The highest BCUT2D eigenvalue weighted by molar-refractivity contribution is 7.09. The minimum atomic E-state index is -0.288. The topological polar surface area (TPSA) is 51.2 Å². The first-order chi connectivity index (χ1) is 9.15. The van der Waals surface area contributed by atoms with E-state index in [-0.39, 0.29) is 12.1 Å². The molecular formula is C14H16N2O2S. The first kappa shape index (κ1) is 13.5. The predicted octanol–water partition coefficient (Wildman–Crippen LogP) is 3.32. The molecule has 0 bridgehead atoms. The molecule has 0 fully saturated rings. The molecule has 4 nitrogen and oxygen atoms in total. The van der Waals surface area contributed by atoms with Gasteiger partial charge in [-0.3, -0.25) is 4.98 Å². The number of ether oxygens (including phenoxy) is 1. The first-order valence-electron chi connectivity index (χ1n) is 6.07. The molecule has 0 saturated heterocycles. The van der Waals surface area contributed by atoms with Crippen LogP contribution in [0, 0.1) is 0 Å². The Balaban J connectivity index is 1.92. The number of esters is 1. The lowest BCUT2D eigenvalue weighted by atomic mass is 10.2. The van der Waals surface area contributed by atoms with Crippen LogP contribution in [0.3, 0.4) is 0 Å². The Hall–Kier alpha value is -1.88. The van der Waals surface area contributed by atoms with Gasteiger partial charge >= 0.3 is 5.97 Å². The third kappa shape index (κ3) is 4.06. The predicted molar refractivity (Wildman–Crippen MR) is 76.4 cm³/mol. The van der Waals surface area contributed by atoms with Gasteiger partial charge in [0.05, 0.1) is 23.7 Å². The molecule has 2 aromatic rings. The number of rotatable bonds is 5. The minimum Gasteiger partial charge on any atom is -0.459 e. The van der Waals surface area contributed by atoms with Crippen LogP contribution >= 0.6 is 11.3 Å². The molecule has 0 aliphatic rings. The molecule has 0 radical (unpaired) electrons. The summed E-state index contributed by atoms with van der Waals surface area (Å²) in [6, 6.07) is 7.27. The summed E-state index contributed by atoms with van der Waals surface area (Å²) in [6.45, 7) is 4.41. The molecule has 1 aromatic carbocycles. The maximum Gasteiger partial charge on any atom is 0.338 e. The molecule has 1 N–H and O–H groups in total. The zero-order valence-electron chi connectivity index (χ0n) is 10.9. The molecule has 0 amide bonds. The van der Waals surface area contributed by atoms with Gasteiger partial charge in [0.2, 0.25) is 0 Å². The zero-order chi connectivity index (χ0) is 13.7. The van der Waals surface area contributed by atoms with E-state index in [4.69, 9.17) is 4.74 Å². The number of thiazole rings is 1. The summed E-state index contributed by atoms with van der Waals surface area (Å²) in [6.07, 6.45) is 1.74. The van der Waals surface area contributed by atoms with Crippen molar-refractivity contribution < 1.29 is 9.53 Å². The van der Waals surface area contributed by atoms with Gasteiger partial charge in [0.1, 0.15) is 0 Å². The normalized spacial score (nSPS) is 10.5. The van der Waals surface area contributed by atoms with Crippen molar-refractivity contribution in [3.8, 4) is 0 Å². The zero-order valence-corrected chi connectivity index (χ0v) is 11.7. The quantitative estimate of drug-likeness (QED) is 0.851. The lowest BCUT2D eigenvalue weighted by molar-refractivity contribution is 0.0378. The number of benzene rings is 1. The van der Waals surface area contributed by atoms with Crippen molar-refractivity contribution in [2.24, 2.45) is 0 Å². The third-order valence-corrected chi connectivity index (χ3v) is 3.19. The fourth-order valence-corrected chi connectivity index (χ4v) is 2.06. The van der Waals surface area contributed by atoms with Gasteiger partial charge in [-0.1, -0.05) is 0 Å². The molecule has 0 spiro atoms. The Bertz CT molecular complexity index is 521. The number of nitrogens with one attached hydrogen (secondary N) is 1. The standard InChI is InChI=1S/C14H16N2O2S/c1-10(2)18-14(17)11-3-5-12(6-4-11)16-8-13-7-15-9-19-13/h3-7,9-10,16H,8H2,1-2H3. The van der Waals surface area contributed by atoms with E-state index < -0.39 is 0 Å². The number of aromatic nitrogens is 1. The number of carbonyl (C=O) groups excluding carboxylic acids is 1. The molecule has 0 atom stereocenters. The fraction of sp³-hybridized carbons (Fsp3) is 0.286. The van der Waals surface area contributed by atoms with Crippen LogP contribution in [-0.2, 0) is 11.3 Å². The van der Waals surface area contributed by atoms with E-state index in [0.29, 0.717) is 5.56 Å². The van der Waals surface area contributed by atoms with Crippen LogP contribution in [0.25, 0.3) is 0 Å². The Labute approximate surface area is 116 Å². The highest BCUT2D eigenvalue weighted by atomic mass is 32.1. The molecule has 0 aliphatic heterocycles. The molecular weight excluding hydrogens is 260 g/mol. The largest absolute Gasteiger partial charge is 0.459 e. The Kier molecular flexibility index (Phi) is 4.52. The smallest absolute Gasteiger partial charge is 0.338 e. The van der Waals surface area contributed by atoms with E-state index in [9.17, 15) is 4.79 Å². The van der Waals surface area contributed by atoms with Gasteiger partial charge in [0.15, 0.2) is 0 Å². The van der Waals surface area contributed by atoms with Crippen LogP contribution in [0.1, 0.15) is 29.1 Å². The van der Waals surface area contributed by atoms with E-state index >= 15 is 0 Å². The summed E-state index contributed by atoms with van der Waals surface area (Å²) in [5, 5.41) is 3.27. The number of carbonyl (C=O) groups is 1. The molecule has 2 rings (SSSR count). The molecule has 100 valence electrons. The van der Waals surface area contributed by atoms with Crippen molar-refractivity contribution in [1.29, 1.82) is 0 Å². The van der Waals surface area contributed by atoms with Crippen LogP contribution in [0.15, 0.2) is 36.0 Å². The van der Waals surface area contributed by atoms with Crippen molar-refractivity contribution in [1.82, 2.24) is 4.98 Å². The van der Waals surface area contributed by atoms with Gasteiger partial charge in [-0.15, -0.1) is 11.3 Å². The van der Waals surface area contributed by atoms with Gasteiger partial charge in [-0.2, -0.15) is 0 Å². The second-order valence-corrected chi connectivity index (χ2v) is 5.32. The molecule has 1 aromatic heterocycles. The van der Waals surface area contributed by atoms with Gasteiger partial charge in [0.25, 0.3) is 0 Å². The monoisotopic (exact) mass is 276 g/mol. The van der Waals surface area contributed by atoms with Crippen LogP contribution in [0.5, 0.6) is 0 Å². The average Bonchev–Trinajstić information content (AvgIpc) is 2.89. The Morgan fingerprint density at radius 3 is 2.68 bits per heavy atom. The molecule has 19 heavy (non-hydrogen) atoms. The van der Waals surface area contributed by atoms with E-state index in [0.717, 1.165) is 12.2 Å². The summed E-state index contributed by atoms with van der Waals surface area (Å²) >= 11 is 1.61. The van der Waals surface area contributed by atoms with Gasteiger partial charge in [-0.05, 0) is 38.1 Å². The van der Waals surface area contributed by atoms with Crippen molar-refractivity contribution >= 4 is 23.0 Å². The average molecular weight is 276 g/mol. The Morgan fingerprint density at radius 2 is 2.11 bits per heavy atom. The summed E-state index contributed by atoms with van der Waals surface area (Å²) in [7, 11) is 0. The highest BCUT2D eigenvalue weighted by Gasteiger charge is 2.08. The van der Waals surface area contributed by atoms with Gasteiger partial charge in [0, 0.05) is 16.8 Å². The second-order valence-electron chi connectivity index (χ2n) is 4.35. The number of hydrogen-bond acceptors (Lipinski definition) is 5. The van der Waals surface area contributed by atoms with Gasteiger partial charge in [-0.25, -0.2) is 4.79 Å².